The number of carbonyl (C=O) groups is 1. The van der Waals surface area contributed by atoms with Crippen molar-refractivity contribution in [1.29, 1.82) is 0 Å². The van der Waals surface area contributed by atoms with Gasteiger partial charge in [-0.05, 0) is 26.7 Å². The van der Waals surface area contributed by atoms with Gasteiger partial charge in [-0.25, -0.2) is 9.52 Å². The summed E-state index contributed by atoms with van der Waals surface area (Å²) in [7, 11) is -2.56. The van der Waals surface area contributed by atoms with Gasteiger partial charge in [0.15, 0.2) is 0 Å². The SMILES string of the molecule is C=C[C@H](C(C)C)N(C)S(=O)(=O)NC(=O)OC(C)(C)C. The molecule has 0 spiro atoms. The van der Waals surface area contributed by atoms with Crippen LogP contribution in [-0.2, 0) is 14.9 Å². The average Bonchev–Trinajstić information content (AvgIpc) is 2.13. The fraction of sp³-hybridized carbons (Fsp3) is 0.750. The quantitative estimate of drug-likeness (QED) is 0.785. The summed E-state index contributed by atoms with van der Waals surface area (Å²) >= 11 is 0. The van der Waals surface area contributed by atoms with E-state index in [4.69, 9.17) is 4.74 Å². The van der Waals surface area contributed by atoms with E-state index in [1.165, 1.54) is 13.1 Å². The van der Waals surface area contributed by atoms with Crippen molar-refractivity contribution in [2.75, 3.05) is 7.05 Å². The van der Waals surface area contributed by atoms with E-state index in [-0.39, 0.29) is 5.92 Å². The maximum Gasteiger partial charge on any atom is 0.422 e. The van der Waals surface area contributed by atoms with Gasteiger partial charge in [0.2, 0.25) is 0 Å². The van der Waals surface area contributed by atoms with Gasteiger partial charge in [0.1, 0.15) is 5.60 Å². The van der Waals surface area contributed by atoms with E-state index < -0.39 is 27.9 Å². The molecule has 0 aliphatic carbocycles. The molecule has 0 aliphatic heterocycles. The van der Waals surface area contributed by atoms with Crippen LogP contribution in [0.4, 0.5) is 4.79 Å². The van der Waals surface area contributed by atoms with Crippen LogP contribution < -0.4 is 4.72 Å². The predicted octanol–water partition coefficient (Wildman–Crippen LogP) is 1.90. The van der Waals surface area contributed by atoms with Gasteiger partial charge in [-0.3, -0.25) is 0 Å². The first kappa shape index (κ1) is 17.9. The summed E-state index contributed by atoms with van der Waals surface area (Å²) < 4.78 is 31.8. The van der Waals surface area contributed by atoms with Crippen molar-refractivity contribution in [3.05, 3.63) is 12.7 Å². The van der Waals surface area contributed by atoms with E-state index >= 15 is 0 Å². The number of rotatable bonds is 5. The molecule has 0 aromatic heterocycles. The molecule has 0 saturated carbocycles. The number of amides is 1. The Balaban J connectivity index is 4.89. The largest absolute Gasteiger partial charge is 0.443 e. The minimum atomic E-state index is -3.95. The van der Waals surface area contributed by atoms with Gasteiger partial charge in [-0.1, -0.05) is 19.9 Å². The third kappa shape index (κ3) is 6.07. The lowest BCUT2D eigenvalue weighted by Crippen LogP contribution is -2.48. The van der Waals surface area contributed by atoms with Crippen molar-refractivity contribution in [3.8, 4) is 0 Å². The molecule has 1 atom stereocenters. The van der Waals surface area contributed by atoms with Gasteiger partial charge in [0, 0.05) is 13.1 Å². The summed E-state index contributed by atoms with van der Waals surface area (Å²) in [4.78, 5) is 11.5. The van der Waals surface area contributed by atoms with Gasteiger partial charge in [-0.2, -0.15) is 12.7 Å². The number of nitrogens with zero attached hydrogens (tertiary/aromatic N) is 1. The molecule has 0 saturated heterocycles. The number of hydrogen-bond donors (Lipinski definition) is 1. The molecule has 0 aliphatic rings. The molecule has 0 aromatic carbocycles. The van der Waals surface area contributed by atoms with Crippen LogP contribution in [0.1, 0.15) is 34.6 Å². The molecule has 7 heteroatoms. The second kappa shape index (κ2) is 6.38. The summed E-state index contributed by atoms with van der Waals surface area (Å²) in [5.74, 6) is 0.0395. The molecule has 0 unspecified atom stereocenters. The highest BCUT2D eigenvalue weighted by Crippen LogP contribution is 2.14. The normalized spacial score (nSPS) is 14.3. The Morgan fingerprint density at radius 2 is 1.84 bits per heavy atom. The van der Waals surface area contributed by atoms with Gasteiger partial charge < -0.3 is 4.74 Å². The second-order valence-electron chi connectivity index (χ2n) is 5.60. The highest BCUT2D eigenvalue weighted by Gasteiger charge is 2.29. The van der Waals surface area contributed by atoms with Crippen LogP contribution in [0.2, 0.25) is 0 Å². The summed E-state index contributed by atoms with van der Waals surface area (Å²) in [5, 5.41) is 0. The third-order valence-electron chi connectivity index (χ3n) is 2.33. The van der Waals surface area contributed by atoms with Gasteiger partial charge in [0.05, 0.1) is 0 Å². The van der Waals surface area contributed by atoms with Gasteiger partial charge in [0.25, 0.3) is 0 Å². The first-order valence-electron chi connectivity index (χ1n) is 6.02. The van der Waals surface area contributed by atoms with E-state index in [9.17, 15) is 13.2 Å². The highest BCUT2D eigenvalue weighted by molar-refractivity contribution is 7.87. The van der Waals surface area contributed by atoms with Crippen molar-refractivity contribution in [1.82, 2.24) is 9.03 Å². The van der Waals surface area contributed by atoms with Crippen LogP contribution >= 0.6 is 0 Å². The molecular formula is C12H24N2O4S. The molecule has 0 radical (unpaired) electrons. The fourth-order valence-corrected chi connectivity index (χ4v) is 2.52. The molecule has 112 valence electrons. The van der Waals surface area contributed by atoms with Crippen LogP contribution in [0, 0.1) is 5.92 Å². The zero-order valence-corrected chi connectivity index (χ0v) is 13.2. The van der Waals surface area contributed by atoms with E-state index in [1.54, 1.807) is 20.8 Å². The molecular weight excluding hydrogens is 268 g/mol. The van der Waals surface area contributed by atoms with Gasteiger partial charge >= 0.3 is 16.3 Å². The predicted molar refractivity (Wildman–Crippen MR) is 74.9 cm³/mol. The summed E-state index contributed by atoms with van der Waals surface area (Å²) in [6, 6.07) is -0.403. The lowest BCUT2D eigenvalue weighted by Gasteiger charge is -2.28. The lowest BCUT2D eigenvalue weighted by atomic mass is 10.1. The van der Waals surface area contributed by atoms with Crippen molar-refractivity contribution < 1.29 is 17.9 Å². The molecule has 19 heavy (non-hydrogen) atoms. The maximum absolute atomic E-state index is 12.0. The smallest absolute Gasteiger partial charge is 0.422 e. The maximum atomic E-state index is 12.0. The lowest BCUT2D eigenvalue weighted by molar-refractivity contribution is 0.0566. The summed E-state index contributed by atoms with van der Waals surface area (Å²) in [6.07, 6.45) is 0.532. The van der Waals surface area contributed by atoms with Crippen molar-refractivity contribution in [3.63, 3.8) is 0 Å². The number of carbonyl (C=O) groups excluding carboxylic acids is 1. The molecule has 0 bridgehead atoms. The van der Waals surface area contributed by atoms with Gasteiger partial charge in [-0.15, -0.1) is 6.58 Å². The molecule has 0 heterocycles. The summed E-state index contributed by atoms with van der Waals surface area (Å²) in [5.41, 5.74) is -0.756. The molecule has 1 amide bonds. The van der Waals surface area contributed by atoms with Crippen LogP contribution in [0.25, 0.3) is 0 Å². The van der Waals surface area contributed by atoms with Crippen LogP contribution in [0.3, 0.4) is 0 Å². The van der Waals surface area contributed by atoms with Crippen LogP contribution in [-0.4, -0.2) is 37.5 Å². The number of ether oxygens (including phenoxy) is 1. The molecule has 0 rings (SSSR count). The Bertz CT molecular complexity index is 424. The van der Waals surface area contributed by atoms with Crippen molar-refractivity contribution in [2.45, 2.75) is 46.3 Å². The van der Waals surface area contributed by atoms with E-state index in [0.717, 1.165) is 4.31 Å². The molecule has 1 N–H and O–H groups in total. The highest BCUT2D eigenvalue weighted by atomic mass is 32.2. The summed E-state index contributed by atoms with van der Waals surface area (Å²) in [6.45, 7) is 12.3. The second-order valence-corrected chi connectivity index (χ2v) is 7.33. The Labute approximate surface area is 116 Å². The first-order valence-corrected chi connectivity index (χ1v) is 7.46. The van der Waals surface area contributed by atoms with Crippen LogP contribution in [0.15, 0.2) is 12.7 Å². The number of hydrogen-bond acceptors (Lipinski definition) is 4. The van der Waals surface area contributed by atoms with Crippen molar-refractivity contribution in [2.24, 2.45) is 5.92 Å². The molecule has 0 fully saturated rings. The standard InChI is InChI=1S/C12H24N2O4S/c1-8-10(9(2)3)14(7)19(16,17)13-11(15)18-12(4,5)6/h8-10H,1H2,2-7H3,(H,13,15)/t10-/m1/s1. The number of likely N-dealkylation sites (N-methyl/N-ethyl adjacent to an activating group) is 1. The first-order chi connectivity index (χ1) is 8.40. The minimum Gasteiger partial charge on any atom is -0.443 e. The van der Waals surface area contributed by atoms with E-state index in [0.29, 0.717) is 0 Å². The van der Waals surface area contributed by atoms with E-state index in [1.807, 2.05) is 18.6 Å². The zero-order chi connectivity index (χ0) is 15.4. The zero-order valence-electron chi connectivity index (χ0n) is 12.4. The number of nitrogens with one attached hydrogen (secondary N) is 1. The average molecular weight is 292 g/mol. The van der Waals surface area contributed by atoms with E-state index in [2.05, 4.69) is 6.58 Å². The third-order valence-corrected chi connectivity index (χ3v) is 3.76. The fourth-order valence-electron chi connectivity index (χ4n) is 1.48. The topological polar surface area (TPSA) is 75.7 Å². The minimum absolute atomic E-state index is 0.0395. The Kier molecular flexibility index (Phi) is 6.02. The monoisotopic (exact) mass is 292 g/mol. The Morgan fingerprint density at radius 1 is 1.37 bits per heavy atom. The van der Waals surface area contributed by atoms with Crippen molar-refractivity contribution >= 4 is 16.3 Å². The Hall–Kier alpha value is -1.08. The Morgan fingerprint density at radius 3 is 2.16 bits per heavy atom. The molecule has 6 nitrogen and oxygen atoms in total. The van der Waals surface area contributed by atoms with Crippen LogP contribution in [0.5, 0.6) is 0 Å². The molecule has 0 aromatic rings.